The first-order valence-electron chi connectivity index (χ1n) is 5.86. The Kier molecular flexibility index (Phi) is 4.53. The van der Waals surface area contributed by atoms with E-state index in [9.17, 15) is 5.11 Å². The fraction of sp³-hybridized carbons (Fsp3) is 0.200. The third kappa shape index (κ3) is 3.55. The first kappa shape index (κ1) is 13.6. The number of ether oxygens (including phenoxy) is 2. The number of benzene rings is 2. The molecular weight excluding hydrogens is 264 g/mol. The molecule has 0 fully saturated rings. The van der Waals surface area contributed by atoms with Gasteiger partial charge in [0.05, 0.1) is 13.0 Å². The van der Waals surface area contributed by atoms with Crippen LogP contribution < -0.4 is 9.47 Å². The monoisotopic (exact) mass is 278 g/mol. The molecular formula is C15H15ClO3. The van der Waals surface area contributed by atoms with Crippen LogP contribution in [0.4, 0.5) is 0 Å². The van der Waals surface area contributed by atoms with Crippen molar-refractivity contribution >= 4 is 11.6 Å². The van der Waals surface area contributed by atoms with Gasteiger partial charge in [-0.25, -0.2) is 0 Å². The van der Waals surface area contributed by atoms with E-state index in [0.717, 1.165) is 22.6 Å². The number of halogens is 1. The van der Waals surface area contributed by atoms with E-state index in [-0.39, 0.29) is 5.75 Å². The van der Waals surface area contributed by atoms with Gasteiger partial charge in [0.15, 0.2) is 0 Å². The van der Waals surface area contributed by atoms with Gasteiger partial charge in [-0.15, -0.1) is 11.6 Å². The van der Waals surface area contributed by atoms with E-state index in [0.29, 0.717) is 12.5 Å². The second-order valence-electron chi connectivity index (χ2n) is 4.07. The predicted octanol–water partition coefficient (Wildman–Crippen LogP) is 3.72. The summed E-state index contributed by atoms with van der Waals surface area (Å²) in [6, 6.07) is 12.5. The molecule has 0 spiro atoms. The van der Waals surface area contributed by atoms with Gasteiger partial charge in [0.2, 0.25) is 0 Å². The number of phenolic OH excluding ortho intramolecular Hbond substituents is 1. The summed E-state index contributed by atoms with van der Waals surface area (Å²) in [4.78, 5) is 0. The van der Waals surface area contributed by atoms with Gasteiger partial charge in [0.25, 0.3) is 0 Å². The molecule has 0 atom stereocenters. The van der Waals surface area contributed by atoms with Crippen LogP contribution >= 0.6 is 11.6 Å². The van der Waals surface area contributed by atoms with Crippen molar-refractivity contribution in [2.75, 3.05) is 7.11 Å². The maximum Gasteiger partial charge on any atom is 0.124 e. The van der Waals surface area contributed by atoms with Crippen LogP contribution in [0, 0.1) is 0 Å². The fourth-order valence-corrected chi connectivity index (χ4v) is 1.94. The Labute approximate surface area is 117 Å². The Balaban J connectivity index is 2.11. The van der Waals surface area contributed by atoms with Crippen LogP contribution in [0.3, 0.4) is 0 Å². The van der Waals surface area contributed by atoms with Crippen LogP contribution in [0.15, 0.2) is 42.5 Å². The topological polar surface area (TPSA) is 38.7 Å². The number of rotatable bonds is 5. The van der Waals surface area contributed by atoms with Crippen LogP contribution in [0.2, 0.25) is 0 Å². The molecule has 0 heterocycles. The van der Waals surface area contributed by atoms with Gasteiger partial charge in [-0.2, -0.15) is 0 Å². The molecule has 2 aromatic carbocycles. The molecule has 0 unspecified atom stereocenters. The van der Waals surface area contributed by atoms with Gasteiger partial charge >= 0.3 is 0 Å². The summed E-state index contributed by atoms with van der Waals surface area (Å²) < 4.78 is 10.9. The normalized spacial score (nSPS) is 10.2. The van der Waals surface area contributed by atoms with Crippen molar-refractivity contribution in [1.29, 1.82) is 0 Å². The Morgan fingerprint density at radius 1 is 1.16 bits per heavy atom. The Morgan fingerprint density at radius 2 is 2.00 bits per heavy atom. The number of alkyl halides is 1. The minimum absolute atomic E-state index is 0.230. The molecule has 100 valence electrons. The molecule has 0 saturated carbocycles. The molecule has 0 aliphatic carbocycles. The SMILES string of the molecule is COc1ccc(OCc2cccc(O)c2)c(CCl)c1. The average Bonchev–Trinajstić information content (AvgIpc) is 2.45. The summed E-state index contributed by atoms with van der Waals surface area (Å²) in [6.07, 6.45) is 0. The first-order valence-corrected chi connectivity index (χ1v) is 6.40. The molecule has 19 heavy (non-hydrogen) atoms. The van der Waals surface area contributed by atoms with Crippen molar-refractivity contribution in [3.63, 3.8) is 0 Å². The van der Waals surface area contributed by atoms with Gasteiger partial charge in [-0.1, -0.05) is 12.1 Å². The Bertz CT molecular complexity index is 555. The summed E-state index contributed by atoms with van der Waals surface area (Å²) in [7, 11) is 1.61. The summed E-state index contributed by atoms with van der Waals surface area (Å²) in [5.41, 5.74) is 1.78. The number of aromatic hydroxyl groups is 1. The highest BCUT2D eigenvalue weighted by Crippen LogP contribution is 2.26. The molecule has 0 aliphatic heterocycles. The highest BCUT2D eigenvalue weighted by molar-refractivity contribution is 6.17. The molecule has 0 saturated heterocycles. The molecule has 0 aromatic heterocycles. The number of methoxy groups -OCH3 is 1. The van der Waals surface area contributed by atoms with Crippen LogP contribution in [-0.4, -0.2) is 12.2 Å². The first-order chi connectivity index (χ1) is 9.22. The molecule has 2 aromatic rings. The van der Waals surface area contributed by atoms with Crippen LogP contribution in [0.25, 0.3) is 0 Å². The van der Waals surface area contributed by atoms with Crippen molar-refractivity contribution in [3.05, 3.63) is 53.6 Å². The molecule has 2 rings (SSSR count). The number of phenols is 1. The van der Waals surface area contributed by atoms with E-state index >= 15 is 0 Å². The largest absolute Gasteiger partial charge is 0.508 e. The highest BCUT2D eigenvalue weighted by atomic mass is 35.5. The number of hydrogen-bond acceptors (Lipinski definition) is 3. The van der Waals surface area contributed by atoms with Crippen molar-refractivity contribution in [1.82, 2.24) is 0 Å². The third-order valence-corrected chi connectivity index (χ3v) is 3.00. The standard InChI is InChI=1S/C15H15ClO3/c1-18-14-5-6-15(12(8-14)9-16)19-10-11-3-2-4-13(17)7-11/h2-8,17H,9-10H2,1H3. The van der Waals surface area contributed by atoms with E-state index in [1.807, 2.05) is 24.3 Å². The second kappa shape index (κ2) is 6.34. The maximum absolute atomic E-state index is 9.39. The van der Waals surface area contributed by atoms with Crippen LogP contribution in [-0.2, 0) is 12.5 Å². The minimum Gasteiger partial charge on any atom is -0.508 e. The van der Waals surface area contributed by atoms with E-state index in [4.69, 9.17) is 21.1 Å². The third-order valence-electron chi connectivity index (χ3n) is 2.72. The zero-order valence-corrected chi connectivity index (χ0v) is 11.4. The molecule has 3 nitrogen and oxygen atoms in total. The smallest absolute Gasteiger partial charge is 0.124 e. The van der Waals surface area contributed by atoms with Gasteiger partial charge in [-0.05, 0) is 35.9 Å². The lowest BCUT2D eigenvalue weighted by atomic mass is 10.2. The van der Waals surface area contributed by atoms with Crippen LogP contribution in [0.5, 0.6) is 17.2 Å². The number of hydrogen-bond donors (Lipinski definition) is 1. The molecule has 1 N–H and O–H groups in total. The van der Waals surface area contributed by atoms with Gasteiger partial charge in [0.1, 0.15) is 23.9 Å². The van der Waals surface area contributed by atoms with E-state index in [1.54, 1.807) is 25.3 Å². The Hall–Kier alpha value is -1.87. The van der Waals surface area contributed by atoms with Gasteiger partial charge in [-0.3, -0.25) is 0 Å². The van der Waals surface area contributed by atoms with Gasteiger partial charge in [0, 0.05) is 5.56 Å². The molecule has 0 radical (unpaired) electrons. The Morgan fingerprint density at radius 3 is 2.68 bits per heavy atom. The summed E-state index contributed by atoms with van der Waals surface area (Å²) in [5, 5.41) is 9.39. The lowest BCUT2D eigenvalue weighted by molar-refractivity contribution is 0.302. The molecule has 0 bridgehead atoms. The quantitative estimate of drug-likeness (QED) is 0.847. The minimum atomic E-state index is 0.230. The summed E-state index contributed by atoms with van der Waals surface area (Å²) >= 11 is 5.89. The maximum atomic E-state index is 9.39. The van der Waals surface area contributed by atoms with E-state index < -0.39 is 0 Å². The fourth-order valence-electron chi connectivity index (χ4n) is 1.74. The van der Waals surface area contributed by atoms with Crippen molar-refractivity contribution < 1.29 is 14.6 Å². The van der Waals surface area contributed by atoms with Crippen LogP contribution in [0.1, 0.15) is 11.1 Å². The van der Waals surface area contributed by atoms with Gasteiger partial charge < -0.3 is 14.6 Å². The van der Waals surface area contributed by atoms with E-state index in [2.05, 4.69) is 0 Å². The summed E-state index contributed by atoms with van der Waals surface area (Å²) in [5.74, 6) is 2.06. The lowest BCUT2D eigenvalue weighted by Gasteiger charge is -2.11. The highest BCUT2D eigenvalue weighted by Gasteiger charge is 2.05. The zero-order valence-electron chi connectivity index (χ0n) is 10.6. The average molecular weight is 279 g/mol. The van der Waals surface area contributed by atoms with Crippen molar-refractivity contribution in [3.8, 4) is 17.2 Å². The van der Waals surface area contributed by atoms with Crippen molar-refractivity contribution in [2.45, 2.75) is 12.5 Å². The lowest BCUT2D eigenvalue weighted by Crippen LogP contribution is -1.98. The summed E-state index contributed by atoms with van der Waals surface area (Å²) in [6.45, 7) is 0.380. The zero-order chi connectivity index (χ0) is 13.7. The second-order valence-corrected chi connectivity index (χ2v) is 4.33. The van der Waals surface area contributed by atoms with Crippen molar-refractivity contribution in [2.24, 2.45) is 0 Å². The molecule has 0 amide bonds. The molecule has 0 aliphatic rings. The van der Waals surface area contributed by atoms with E-state index in [1.165, 1.54) is 0 Å². The predicted molar refractivity (Wildman–Crippen MR) is 75.0 cm³/mol. The molecule has 4 heteroatoms.